The number of nitrogens with zero attached hydrogens (tertiary/aromatic N) is 2. The number of aromatic nitrogens is 1. The second-order valence-corrected chi connectivity index (χ2v) is 6.52. The van der Waals surface area contributed by atoms with E-state index in [9.17, 15) is 4.79 Å². The maximum Gasteiger partial charge on any atom is 0.317 e. The summed E-state index contributed by atoms with van der Waals surface area (Å²) in [6.45, 7) is 2.73. The third kappa shape index (κ3) is 4.79. The molecule has 5 heteroatoms. The molecule has 25 heavy (non-hydrogen) atoms. The topological polar surface area (TPSA) is 54.5 Å². The van der Waals surface area contributed by atoms with Gasteiger partial charge in [-0.15, -0.1) is 0 Å². The largest absolute Gasteiger partial charge is 0.380 e. The molecule has 1 saturated heterocycles. The average molecular weight is 339 g/mol. The van der Waals surface area contributed by atoms with Crippen molar-refractivity contribution in [3.05, 3.63) is 65.5 Å². The smallest absolute Gasteiger partial charge is 0.317 e. The van der Waals surface area contributed by atoms with Crippen molar-refractivity contribution in [1.82, 2.24) is 15.2 Å². The van der Waals surface area contributed by atoms with Gasteiger partial charge in [-0.25, -0.2) is 4.79 Å². The minimum Gasteiger partial charge on any atom is -0.380 e. The highest BCUT2D eigenvalue weighted by Crippen LogP contribution is 2.20. The number of methoxy groups -OCH3 is 1. The molecule has 1 aliphatic rings. The Morgan fingerprint density at radius 3 is 2.76 bits per heavy atom. The van der Waals surface area contributed by atoms with Gasteiger partial charge in [0.05, 0.1) is 6.61 Å². The molecule has 3 rings (SSSR count). The summed E-state index contributed by atoms with van der Waals surface area (Å²) in [6, 6.07) is 12.2. The third-order valence-electron chi connectivity index (χ3n) is 4.70. The van der Waals surface area contributed by atoms with Crippen molar-refractivity contribution in [2.24, 2.45) is 5.92 Å². The third-order valence-corrected chi connectivity index (χ3v) is 4.70. The number of ether oxygens (including phenoxy) is 1. The van der Waals surface area contributed by atoms with E-state index in [0.29, 0.717) is 19.1 Å². The minimum atomic E-state index is 0.0180. The van der Waals surface area contributed by atoms with Gasteiger partial charge in [-0.3, -0.25) is 4.98 Å². The van der Waals surface area contributed by atoms with E-state index in [-0.39, 0.29) is 6.03 Å². The molecule has 0 bridgehead atoms. The van der Waals surface area contributed by atoms with E-state index in [1.165, 1.54) is 5.56 Å². The summed E-state index contributed by atoms with van der Waals surface area (Å²) in [7, 11) is 1.68. The van der Waals surface area contributed by atoms with Gasteiger partial charge in [0.2, 0.25) is 0 Å². The number of carbonyl (C=O) groups excluding carboxylic acids is 1. The molecule has 1 fully saturated rings. The van der Waals surface area contributed by atoms with Crippen LogP contribution in [0, 0.1) is 5.92 Å². The van der Waals surface area contributed by atoms with Gasteiger partial charge in [0.1, 0.15) is 0 Å². The Morgan fingerprint density at radius 2 is 2.00 bits per heavy atom. The number of benzene rings is 1. The summed E-state index contributed by atoms with van der Waals surface area (Å²) in [5.41, 5.74) is 3.50. The Morgan fingerprint density at radius 1 is 1.24 bits per heavy atom. The van der Waals surface area contributed by atoms with E-state index >= 15 is 0 Å². The van der Waals surface area contributed by atoms with E-state index in [0.717, 1.165) is 37.1 Å². The fourth-order valence-corrected chi connectivity index (χ4v) is 3.34. The lowest BCUT2D eigenvalue weighted by atomic mass is 10.00. The lowest BCUT2D eigenvalue weighted by Crippen LogP contribution is -2.38. The zero-order chi connectivity index (χ0) is 17.5. The number of likely N-dealkylation sites (tertiary alicyclic amines) is 1. The number of hydrogen-bond donors (Lipinski definition) is 1. The zero-order valence-corrected chi connectivity index (χ0v) is 14.6. The Bertz CT molecular complexity index is 690. The molecule has 0 radical (unpaired) electrons. The molecular formula is C20H25N3O2. The number of carbonyl (C=O) groups is 1. The summed E-state index contributed by atoms with van der Waals surface area (Å²) >= 11 is 0. The normalized spacial score (nSPS) is 16.8. The van der Waals surface area contributed by atoms with Crippen molar-refractivity contribution in [3.8, 4) is 0 Å². The van der Waals surface area contributed by atoms with Crippen LogP contribution in [0.2, 0.25) is 0 Å². The molecule has 1 N–H and O–H groups in total. The predicted octanol–water partition coefficient (Wildman–Crippen LogP) is 3.00. The first kappa shape index (κ1) is 17.4. The number of amides is 2. The van der Waals surface area contributed by atoms with Gasteiger partial charge in [0, 0.05) is 39.1 Å². The van der Waals surface area contributed by atoms with Gasteiger partial charge in [-0.1, -0.05) is 24.3 Å². The summed E-state index contributed by atoms with van der Waals surface area (Å²) in [5, 5.41) is 3.05. The van der Waals surface area contributed by atoms with Gasteiger partial charge in [0.15, 0.2) is 0 Å². The Kier molecular flexibility index (Phi) is 6.01. The summed E-state index contributed by atoms with van der Waals surface area (Å²) in [5.74, 6) is 0.522. The number of nitrogens with one attached hydrogen (secondary N) is 1. The van der Waals surface area contributed by atoms with Gasteiger partial charge in [-0.05, 0) is 47.6 Å². The summed E-state index contributed by atoms with van der Waals surface area (Å²) in [4.78, 5) is 18.4. The van der Waals surface area contributed by atoms with Crippen LogP contribution < -0.4 is 5.32 Å². The van der Waals surface area contributed by atoms with Crippen molar-refractivity contribution >= 4 is 6.03 Å². The van der Waals surface area contributed by atoms with Crippen molar-refractivity contribution in [1.29, 1.82) is 0 Å². The van der Waals surface area contributed by atoms with Crippen LogP contribution in [0.25, 0.3) is 0 Å². The van der Waals surface area contributed by atoms with Gasteiger partial charge >= 0.3 is 6.03 Å². The highest BCUT2D eigenvalue weighted by atomic mass is 16.5. The molecule has 5 nitrogen and oxygen atoms in total. The van der Waals surface area contributed by atoms with Crippen LogP contribution in [0.4, 0.5) is 4.79 Å². The molecule has 2 heterocycles. The first-order valence-corrected chi connectivity index (χ1v) is 8.73. The molecule has 1 atom stereocenters. The number of pyridine rings is 1. The number of hydrogen-bond acceptors (Lipinski definition) is 3. The van der Waals surface area contributed by atoms with E-state index in [4.69, 9.17) is 4.74 Å². The Labute approximate surface area is 149 Å². The molecular weight excluding hydrogens is 314 g/mol. The maximum atomic E-state index is 12.5. The van der Waals surface area contributed by atoms with Crippen LogP contribution >= 0.6 is 0 Å². The van der Waals surface area contributed by atoms with Crippen LogP contribution in [0.5, 0.6) is 0 Å². The SMILES string of the molecule is COCc1ccccc1CNC(=O)N1CCC(Cc2ccncc2)C1. The molecule has 132 valence electrons. The predicted molar refractivity (Wildman–Crippen MR) is 97.0 cm³/mol. The monoisotopic (exact) mass is 339 g/mol. The average Bonchev–Trinajstić information content (AvgIpc) is 3.10. The summed E-state index contributed by atoms with van der Waals surface area (Å²) < 4.78 is 5.22. The van der Waals surface area contributed by atoms with Crippen LogP contribution in [0.3, 0.4) is 0 Å². The standard InChI is InChI=1S/C20H25N3O2/c1-25-15-19-5-3-2-4-18(19)13-22-20(24)23-11-8-17(14-23)12-16-6-9-21-10-7-16/h2-7,9-10,17H,8,11-15H2,1H3,(H,22,24). The summed E-state index contributed by atoms with van der Waals surface area (Å²) in [6.07, 6.45) is 5.71. The van der Waals surface area contributed by atoms with Crippen LogP contribution in [0.1, 0.15) is 23.1 Å². The van der Waals surface area contributed by atoms with Crippen molar-refractivity contribution < 1.29 is 9.53 Å². The molecule has 1 aliphatic heterocycles. The van der Waals surface area contributed by atoms with E-state index in [1.54, 1.807) is 7.11 Å². The van der Waals surface area contributed by atoms with Crippen molar-refractivity contribution in [3.63, 3.8) is 0 Å². The van der Waals surface area contributed by atoms with Crippen LogP contribution in [-0.2, 0) is 24.3 Å². The van der Waals surface area contributed by atoms with Gasteiger partial charge < -0.3 is 15.0 Å². The fraction of sp³-hybridized carbons (Fsp3) is 0.400. The minimum absolute atomic E-state index is 0.0180. The maximum absolute atomic E-state index is 12.5. The first-order chi connectivity index (χ1) is 12.3. The van der Waals surface area contributed by atoms with Crippen LogP contribution in [-0.4, -0.2) is 36.1 Å². The second kappa shape index (κ2) is 8.62. The van der Waals surface area contributed by atoms with Crippen molar-refractivity contribution in [2.75, 3.05) is 20.2 Å². The molecule has 0 spiro atoms. The van der Waals surface area contributed by atoms with E-state index in [2.05, 4.69) is 22.4 Å². The molecule has 2 aromatic rings. The fourth-order valence-electron chi connectivity index (χ4n) is 3.34. The zero-order valence-electron chi connectivity index (χ0n) is 14.6. The molecule has 2 amide bonds. The van der Waals surface area contributed by atoms with Crippen molar-refractivity contribution in [2.45, 2.75) is 26.0 Å². The highest BCUT2D eigenvalue weighted by molar-refractivity contribution is 5.74. The molecule has 0 aliphatic carbocycles. The highest BCUT2D eigenvalue weighted by Gasteiger charge is 2.26. The number of rotatable bonds is 6. The van der Waals surface area contributed by atoms with Gasteiger partial charge in [0.25, 0.3) is 0 Å². The Balaban J connectivity index is 1.49. The lowest BCUT2D eigenvalue weighted by molar-refractivity contribution is 0.183. The molecule has 0 saturated carbocycles. The number of urea groups is 1. The molecule has 1 aromatic heterocycles. The lowest BCUT2D eigenvalue weighted by Gasteiger charge is -2.18. The van der Waals surface area contributed by atoms with Gasteiger partial charge in [-0.2, -0.15) is 0 Å². The quantitative estimate of drug-likeness (QED) is 0.880. The van der Waals surface area contributed by atoms with Crippen LogP contribution in [0.15, 0.2) is 48.8 Å². The van der Waals surface area contributed by atoms with E-state index < -0.39 is 0 Å². The molecule has 1 unspecified atom stereocenters. The Hall–Kier alpha value is -2.40. The molecule has 1 aromatic carbocycles. The first-order valence-electron chi connectivity index (χ1n) is 8.73. The second-order valence-electron chi connectivity index (χ2n) is 6.52. The van der Waals surface area contributed by atoms with E-state index in [1.807, 2.05) is 41.6 Å².